The van der Waals surface area contributed by atoms with Crippen LogP contribution in [-0.4, -0.2) is 52.4 Å². The number of aliphatic hydroxyl groups is 1. The predicted molar refractivity (Wildman–Crippen MR) is 56.7 cm³/mol. The van der Waals surface area contributed by atoms with E-state index in [1.54, 1.807) is 0 Å². The minimum absolute atomic E-state index is 0.277. The van der Waals surface area contributed by atoms with Gasteiger partial charge in [-0.25, -0.2) is 0 Å². The lowest BCUT2D eigenvalue weighted by Crippen LogP contribution is -2.72. The monoisotopic (exact) mass is 442 g/mol. The van der Waals surface area contributed by atoms with Crippen LogP contribution >= 0.6 is 0 Å². The Kier molecular flexibility index (Phi) is 5.95. The van der Waals surface area contributed by atoms with Crippen molar-refractivity contribution in [2.45, 2.75) is 67.6 Å². The SMILES string of the molecule is CC(C)(O)CC(F)(F)C(F)(F)C(F)(F)C(F)(F)C(F)(F)C(F)(F)C(F)(F)F. The van der Waals surface area contributed by atoms with Crippen LogP contribution in [0.1, 0.15) is 20.3 Å². The van der Waals surface area contributed by atoms with E-state index in [2.05, 4.69) is 0 Å². The van der Waals surface area contributed by atoms with Crippen LogP contribution < -0.4 is 0 Å². The number of rotatable bonds is 7. The lowest BCUT2D eigenvalue weighted by molar-refractivity contribution is -0.453. The molecule has 0 spiro atoms. The van der Waals surface area contributed by atoms with Gasteiger partial charge < -0.3 is 5.11 Å². The van der Waals surface area contributed by atoms with Crippen molar-refractivity contribution >= 4 is 0 Å². The molecule has 0 amide bonds. The van der Waals surface area contributed by atoms with E-state index >= 15 is 0 Å². The summed E-state index contributed by atoms with van der Waals surface area (Å²) in [5.41, 5.74) is -2.99. The first kappa shape index (κ1) is 25.9. The summed E-state index contributed by atoms with van der Waals surface area (Å²) in [6, 6.07) is 0. The van der Waals surface area contributed by atoms with Gasteiger partial charge in [-0.3, -0.25) is 0 Å². The van der Waals surface area contributed by atoms with Crippen LogP contribution in [0.25, 0.3) is 0 Å². The van der Waals surface area contributed by atoms with Crippen molar-refractivity contribution in [1.29, 1.82) is 0 Å². The summed E-state index contributed by atoms with van der Waals surface area (Å²) in [6.07, 6.45) is -10.4. The van der Waals surface area contributed by atoms with E-state index in [9.17, 15) is 65.9 Å². The van der Waals surface area contributed by atoms with E-state index in [-0.39, 0.29) is 13.8 Å². The maximum atomic E-state index is 13.3. The standard InChI is InChI=1S/C11H9F15O/c1-4(2,27)3-5(12,13)6(14,15)7(16,17)8(18,19)9(20,21)10(22,23)11(24,25)26/h27H,3H2,1-2H3. The molecule has 0 aromatic heterocycles. The van der Waals surface area contributed by atoms with Crippen LogP contribution in [0, 0.1) is 0 Å². The first-order valence-corrected chi connectivity index (χ1v) is 6.27. The van der Waals surface area contributed by atoms with Gasteiger partial charge in [0.25, 0.3) is 0 Å². The molecule has 164 valence electrons. The van der Waals surface area contributed by atoms with Gasteiger partial charge in [-0.05, 0) is 13.8 Å². The smallest absolute Gasteiger partial charge is 0.390 e. The van der Waals surface area contributed by atoms with Crippen molar-refractivity contribution in [1.82, 2.24) is 0 Å². The van der Waals surface area contributed by atoms with Gasteiger partial charge in [0.2, 0.25) is 0 Å². The maximum absolute atomic E-state index is 13.3. The Morgan fingerprint density at radius 1 is 0.481 bits per heavy atom. The average molecular weight is 442 g/mol. The molecule has 0 unspecified atom stereocenters. The zero-order chi connectivity index (χ0) is 22.7. The molecule has 0 saturated heterocycles. The summed E-state index contributed by atoms with van der Waals surface area (Å²) in [6.45, 7) is 0.555. The molecule has 0 radical (unpaired) electrons. The summed E-state index contributed by atoms with van der Waals surface area (Å²) in [5, 5.41) is 8.92. The minimum Gasteiger partial charge on any atom is -0.390 e. The molecule has 0 aliphatic carbocycles. The molecule has 0 aliphatic rings. The zero-order valence-electron chi connectivity index (χ0n) is 12.8. The Bertz CT molecular complexity index is 539. The van der Waals surface area contributed by atoms with E-state index in [1.807, 2.05) is 0 Å². The fraction of sp³-hybridized carbons (Fsp3) is 1.00. The molecular formula is C11H9F15O. The molecule has 27 heavy (non-hydrogen) atoms. The summed E-state index contributed by atoms with van der Waals surface area (Å²) in [4.78, 5) is 0. The Labute approximate surface area is 140 Å². The normalized spacial score (nSPS) is 16.7. The predicted octanol–water partition coefficient (Wildman–Crippen LogP) is 5.52. The highest BCUT2D eigenvalue weighted by Crippen LogP contribution is 2.62. The third-order valence-corrected chi connectivity index (χ3v) is 3.05. The van der Waals surface area contributed by atoms with E-state index in [0.29, 0.717) is 0 Å². The van der Waals surface area contributed by atoms with E-state index in [4.69, 9.17) is 5.11 Å². The molecule has 0 fully saturated rings. The largest absolute Gasteiger partial charge is 0.460 e. The lowest BCUT2D eigenvalue weighted by Gasteiger charge is -2.42. The molecule has 16 heteroatoms. The van der Waals surface area contributed by atoms with Crippen LogP contribution in [0.15, 0.2) is 0 Å². The zero-order valence-corrected chi connectivity index (χ0v) is 12.8. The molecular weight excluding hydrogens is 433 g/mol. The van der Waals surface area contributed by atoms with Gasteiger partial charge in [0.1, 0.15) is 0 Å². The minimum atomic E-state index is -8.30. The molecule has 0 bridgehead atoms. The summed E-state index contributed by atoms with van der Waals surface area (Å²) < 4.78 is 192. The highest BCUT2D eigenvalue weighted by Gasteiger charge is 2.93. The maximum Gasteiger partial charge on any atom is 0.460 e. The summed E-state index contributed by atoms with van der Waals surface area (Å²) in [7, 11) is 0. The summed E-state index contributed by atoms with van der Waals surface area (Å²) >= 11 is 0. The molecule has 0 aliphatic heterocycles. The van der Waals surface area contributed by atoms with Crippen LogP contribution in [0.4, 0.5) is 65.9 Å². The van der Waals surface area contributed by atoms with Gasteiger partial charge in [0.15, 0.2) is 0 Å². The molecule has 0 atom stereocenters. The molecule has 0 rings (SSSR count). The van der Waals surface area contributed by atoms with Gasteiger partial charge in [-0.15, -0.1) is 0 Å². The van der Waals surface area contributed by atoms with Crippen LogP contribution in [0.2, 0.25) is 0 Å². The second-order valence-electron chi connectivity index (χ2n) is 6.06. The molecule has 0 aromatic rings. The number of alkyl halides is 15. The van der Waals surface area contributed by atoms with Crippen LogP contribution in [0.3, 0.4) is 0 Å². The van der Waals surface area contributed by atoms with E-state index in [0.717, 1.165) is 0 Å². The van der Waals surface area contributed by atoms with E-state index in [1.165, 1.54) is 0 Å². The highest BCUT2D eigenvalue weighted by molar-refractivity contribution is 5.13. The van der Waals surface area contributed by atoms with Gasteiger partial charge >= 0.3 is 41.7 Å². The van der Waals surface area contributed by atoms with Crippen molar-refractivity contribution in [2.75, 3.05) is 0 Å². The third-order valence-electron chi connectivity index (χ3n) is 3.05. The topological polar surface area (TPSA) is 20.2 Å². The van der Waals surface area contributed by atoms with Crippen molar-refractivity contribution in [3.63, 3.8) is 0 Å². The number of halogens is 15. The second kappa shape index (κ2) is 6.20. The van der Waals surface area contributed by atoms with Gasteiger partial charge in [0.05, 0.1) is 5.60 Å². The van der Waals surface area contributed by atoms with Crippen molar-refractivity contribution in [2.24, 2.45) is 0 Å². The Balaban J connectivity index is 6.47. The fourth-order valence-electron chi connectivity index (χ4n) is 1.65. The highest BCUT2D eigenvalue weighted by atomic mass is 19.4. The van der Waals surface area contributed by atoms with Crippen LogP contribution in [-0.2, 0) is 0 Å². The molecule has 0 aromatic carbocycles. The average Bonchev–Trinajstić information content (AvgIpc) is 2.33. The first-order chi connectivity index (χ1) is 11.2. The van der Waals surface area contributed by atoms with Crippen molar-refractivity contribution < 1.29 is 71.0 Å². The fourth-order valence-corrected chi connectivity index (χ4v) is 1.65. The van der Waals surface area contributed by atoms with Gasteiger partial charge in [-0.2, -0.15) is 65.9 Å². The quantitative estimate of drug-likeness (QED) is 0.515. The number of hydrogen-bond acceptors (Lipinski definition) is 1. The molecule has 1 N–H and O–H groups in total. The molecule has 0 heterocycles. The van der Waals surface area contributed by atoms with Crippen molar-refractivity contribution in [3.05, 3.63) is 0 Å². The Hall–Kier alpha value is -1.09. The van der Waals surface area contributed by atoms with Crippen LogP contribution in [0.5, 0.6) is 0 Å². The van der Waals surface area contributed by atoms with Crippen molar-refractivity contribution in [3.8, 4) is 0 Å². The summed E-state index contributed by atoms with van der Waals surface area (Å²) in [5.74, 6) is -46.7. The van der Waals surface area contributed by atoms with Gasteiger partial charge in [-0.1, -0.05) is 0 Å². The lowest BCUT2D eigenvalue weighted by atomic mass is 9.87. The van der Waals surface area contributed by atoms with E-state index < -0.39 is 53.7 Å². The third kappa shape index (κ3) is 3.77. The number of hydrogen-bond donors (Lipinski definition) is 1. The van der Waals surface area contributed by atoms with Gasteiger partial charge in [0, 0.05) is 6.42 Å². The molecule has 1 nitrogen and oxygen atoms in total. The Morgan fingerprint density at radius 3 is 1.00 bits per heavy atom. The second-order valence-corrected chi connectivity index (χ2v) is 6.06. The Morgan fingerprint density at radius 2 is 0.741 bits per heavy atom. The molecule has 0 saturated carbocycles. The first-order valence-electron chi connectivity index (χ1n) is 6.27.